The summed E-state index contributed by atoms with van der Waals surface area (Å²) in [5.74, 6) is -0.357. The van der Waals surface area contributed by atoms with Gasteiger partial charge in [-0.05, 0) is 20.8 Å². The van der Waals surface area contributed by atoms with Gasteiger partial charge in [-0.25, -0.2) is 4.79 Å². The Bertz CT molecular complexity index is 261. The van der Waals surface area contributed by atoms with Crippen LogP contribution in [-0.4, -0.2) is 17.3 Å². The SMILES string of the molecule is CC(C)(C)OC(=O)C1=NNC=CC1. The molecule has 0 bridgehead atoms. The molecule has 0 aliphatic carbocycles. The van der Waals surface area contributed by atoms with Gasteiger partial charge in [0, 0.05) is 12.6 Å². The molecule has 0 aromatic rings. The number of esters is 1. The van der Waals surface area contributed by atoms with Crippen LogP contribution in [0.15, 0.2) is 17.4 Å². The predicted octanol–water partition coefficient (Wildman–Crippen LogP) is 1.19. The fourth-order valence-electron chi connectivity index (χ4n) is 0.850. The van der Waals surface area contributed by atoms with Crippen LogP contribution in [0.25, 0.3) is 0 Å². The second-order valence-electron chi connectivity index (χ2n) is 3.80. The van der Waals surface area contributed by atoms with E-state index in [4.69, 9.17) is 4.74 Å². The molecule has 0 saturated carbocycles. The molecule has 0 spiro atoms. The molecule has 1 N–H and O–H groups in total. The Morgan fingerprint density at radius 2 is 2.31 bits per heavy atom. The van der Waals surface area contributed by atoms with Gasteiger partial charge in [-0.1, -0.05) is 6.08 Å². The number of hydrazone groups is 1. The van der Waals surface area contributed by atoms with Gasteiger partial charge in [0.1, 0.15) is 11.3 Å². The maximum absolute atomic E-state index is 11.4. The van der Waals surface area contributed by atoms with Crippen molar-refractivity contribution in [3.8, 4) is 0 Å². The molecule has 0 fully saturated rings. The van der Waals surface area contributed by atoms with Crippen LogP contribution in [0.3, 0.4) is 0 Å². The molecule has 1 aliphatic heterocycles. The molecule has 0 aromatic heterocycles. The predicted molar refractivity (Wildman–Crippen MR) is 50.2 cm³/mol. The topological polar surface area (TPSA) is 50.7 Å². The van der Waals surface area contributed by atoms with E-state index in [0.717, 1.165) is 0 Å². The van der Waals surface area contributed by atoms with Gasteiger partial charge >= 0.3 is 5.97 Å². The third kappa shape index (κ3) is 3.27. The highest BCUT2D eigenvalue weighted by molar-refractivity contribution is 6.37. The monoisotopic (exact) mass is 182 g/mol. The van der Waals surface area contributed by atoms with E-state index in [0.29, 0.717) is 12.1 Å². The summed E-state index contributed by atoms with van der Waals surface area (Å²) in [6, 6.07) is 0. The van der Waals surface area contributed by atoms with Crippen molar-refractivity contribution in [1.82, 2.24) is 5.43 Å². The van der Waals surface area contributed by atoms with Crippen molar-refractivity contribution < 1.29 is 9.53 Å². The van der Waals surface area contributed by atoms with Crippen molar-refractivity contribution in [2.75, 3.05) is 0 Å². The van der Waals surface area contributed by atoms with Crippen molar-refractivity contribution in [2.24, 2.45) is 5.10 Å². The Labute approximate surface area is 77.7 Å². The normalized spacial score (nSPS) is 16.1. The van der Waals surface area contributed by atoms with E-state index in [9.17, 15) is 4.79 Å². The standard InChI is InChI=1S/C9H14N2O2/c1-9(2,3)13-8(12)7-5-4-6-10-11-7/h4,6,10H,5H2,1-3H3. The molecule has 0 unspecified atom stereocenters. The fraction of sp³-hybridized carbons (Fsp3) is 0.556. The second kappa shape index (κ2) is 3.60. The maximum Gasteiger partial charge on any atom is 0.355 e. The van der Waals surface area contributed by atoms with Crippen molar-refractivity contribution in [3.05, 3.63) is 12.3 Å². The van der Waals surface area contributed by atoms with Crippen LogP contribution < -0.4 is 5.43 Å². The molecule has 4 heteroatoms. The molecule has 0 amide bonds. The maximum atomic E-state index is 11.4. The lowest BCUT2D eigenvalue weighted by atomic mass is 10.2. The summed E-state index contributed by atoms with van der Waals surface area (Å²) in [5.41, 5.74) is 2.56. The first-order valence-corrected chi connectivity index (χ1v) is 4.19. The molecule has 0 radical (unpaired) electrons. The van der Waals surface area contributed by atoms with E-state index in [1.807, 2.05) is 26.8 Å². The lowest BCUT2D eigenvalue weighted by molar-refractivity contribution is -0.146. The largest absolute Gasteiger partial charge is 0.455 e. The van der Waals surface area contributed by atoms with E-state index in [-0.39, 0.29) is 5.97 Å². The number of carbonyl (C=O) groups excluding carboxylic acids is 1. The molecular formula is C9H14N2O2. The summed E-state index contributed by atoms with van der Waals surface area (Å²) in [6.07, 6.45) is 4.04. The number of ether oxygens (including phenoxy) is 1. The third-order valence-electron chi connectivity index (χ3n) is 1.34. The highest BCUT2D eigenvalue weighted by atomic mass is 16.6. The molecule has 4 nitrogen and oxygen atoms in total. The molecule has 13 heavy (non-hydrogen) atoms. The lowest BCUT2D eigenvalue weighted by Crippen LogP contribution is -2.30. The van der Waals surface area contributed by atoms with Gasteiger partial charge in [0.05, 0.1) is 0 Å². The highest BCUT2D eigenvalue weighted by Crippen LogP contribution is 2.09. The van der Waals surface area contributed by atoms with Crippen LogP contribution >= 0.6 is 0 Å². The first-order valence-electron chi connectivity index (χ1n) is 4.19. The zero-order chi connectivity index (χ0) is 9.90. The first-order chi connectivity index (χ1) is 5.99. The summed E-state index contributed by atoms with van der Waals surface area (Å²) in [4.78, 5) is 11.4. The lowest BCUT2D eigenvalue weighted by Gasteiger charge is -2.20. The number of nitrogens with zero attached hydrogens (tertiary/aromatic N) is 1. The smallest absolute Gasteiger partial charge is 0.355 e. The van der Waals surface area contributed by atoms with Crippen LogP contribution in [0.4, 0.5) is 0 Å². The number of rotatable bonds is 1. The Morgan fingerprint density at radius 1 is 1.62 bits per heavy atom. The molecule has 1 aliphatic rings. The number of carbonyl (C=O) groups is 1. The Kier molecular flexibility index (Phi) is 2.70. The fourth-order valence-corrected chi connectivity index (χ4v) is 0.850. The van der Waals surface area contributed by atoms with Crippen LogP contribution in [0.2, 0.25) is 0 Å². The van der Waals surface area contributed by atoms with E-state index in [2.05, 4.69) is 10.5 Å². The molecule has 72 valence electrons. The van der Waals surface area contributed by atoms with Crippen LogP contribution in [0.1, 0.15) is 27.2 Å². The van der Waals surface area contributed by atoms with E-state index >= 15 is 0 Å². The third-order valence-corrected chi connectivity index (χ3v) is 1.34. The number of hydrogen-bond acceptors (Lipinski definition) is 4. The molecule has 1 rings (SSSR count). The number of nitrogens with one attached hydrogen (secondary N) is 1. The van der Waals surface area contributed by atoms with Gasteiger partial charge in [0.15, 0.2) is 0 Å². The minimum atomic E-state index is -0.458. The Balaban J connectivity index is 2.53. The molecule has 1 heterocycles. The van der Waals surface area contributed by atoms with E-state index < -0.39 is 5.60 Å². The van der Waals surface area contributed by atoms with Crippen molar-refractivity contribution in [3.63, 3.8) is 0 Å². The molecular weight excluding hydrogens is 168 g/mol. The summed E-state index contributed by atoms with van der Waals surface area (Å²) < 4.78 is 5.13. The number of hydrogen-bond donors (Lipinski definition) is 1. The van der Waals surface area contributed by atoms with Crippen molar-refractivity contribution in [1.29, 1.82) is 0 Å². The average Bonchev–Trinajstić information content (AvgIpc) is 2.03. The van der Waals surface area contributed by atoms with Gasteiger partial charge in [0.2, 0.25) is 0 Å². The van der Waals surface area contributed by atoms with Gasteiger partial charge in [0.25, 0.3) is 0 Å². The van der Waals surface area contributed by atoms with E-state index in [1.165, 1.54) is 0 Å². The second-order valence-corrected chi connectivity index (χ2v) is 3.80. The summed E-state index contributed by atoms with van der Waals surface area (Å²) in [7, 11) is 0. The zero-order valence-electron chi connectivity index (χ0n) is 8.13. The quantitative estimate of drug-likeness (QED) is 0.620. The number of allylic oxidation sites excluding steroid dienone is 1. The molecule has 0 aromatic carbocycles. The highest BCUT2D eigenvalue weighted by Gasteiger charge is 2.20. The van der Waals surface area contributed by atoms with Crippen LogP contribution in [0, 0.1) is 0 Å². The molecule has 0 saturated heterocycles. The summed E-state index contributed by atoms with van der Waals surface area (Å²) in [6.45, 7) is 5.49. The Hall–Kier alpha value is -1.32. The summed E-state index contributed by atoms with van der Waals surface area (Å²) in [5, 5.41) is 3.82. The Morgan fingerprint density at radius 3 is 2.77 bits per heavy atom. The first kappa shape index (κ1) is 9.77. The van der Waals surface area contributed by atoms with Crippen LogP contribution in [-0.2, 0) is 9.53 Å². The van der Waals surface area contributed by atoms with Crippen molar-refractivity contribution in [2.45, 2.75) is 32.8 Å². The average molecular weight is 182 g/mol. The molecule has 0 atom stereocenters. The summed E-state index contributed by atoms with van der Waals surface area (Å²) >= 11 is 0. The minimum absolute atomic E-state index is 0.357. The van der Waals surface area contributed by atoms with Gasteiger partial charge in [-0.15, -0.1) is 0 Å². The van der Waals surface area contributed by atoms with Crippen LogP contribution in [0.5, 0.6) is 0 Å². The zero-order valence-corrected chi connectivity index (χ0v) is 8.13. The van der Waals surface area contributed by atoms with Gasteiger partial charge in [-0.3, -0.25) is 5.43 Å². The van der Waals surface area contributed by atoms with Gasteiger partial charge < -0.3 is 4.74 Å². The van der Waals surface area contributed by atoms with Crippen molar-refractivity contribution >= 4 is 11.7 Å². The van der Waals surface area contributed by atoms with E-state index in [1.54, 1.807) is 6.20 Å². The minimum Gasteiger partial charge on any atom is -0.455 e. The van der Waals surface area contributed by atoms with Gasteiger partial charge in [-0.2, -0.15) is 5.10 Å².